The highest BCUT2D eigenvalue weighted by atomic mass is 19.4. The Morgan fingerprint density at radius 1 is 0.941 bits per heavy atom. The fraction of sp³-hybridized carbons (Fsp3) is 1.00. The van der Waals surface area contributed by atoms with Gasteiger partial charge in [0.05, 0.1) is 6.61 Å². The number of rotatable bonds is 5. The number of hydrogen-bond acceptors (Lipinski definition) is 2. The first-order valence-electron chi connectivity index (χ1n) is 5.57. The van der Waals surface area contributed by atoms with E-state index < -0.39 is 18.7 Å². The molecule has 0 spiro atoms. The third-order valence-corrected chi connectivity index (χ3v) is 2.70. The summed E-state index contributed by atoms with van der Waals surface area (Å²) in [5, 5.41) is 0. The highest BCUT2D eigenvalue weighted by Crippen LogP contribution is 2.35. The predicted molar refractivity (Wildman–Crippen MR) is 52.1 cm³/mol. The standard InChI is InChI=1S/C10H16F5NO/c11-9(12,10(13,14)15)8-17-7-6-16-4-2-1-3-5-16/h1-8H2. The Kier molecular flexibility index (Phi) is 5.12. The van der Waals surface area contributed by atoms with Crippen LogP contribution in [0.1, 0.15) is 19.3 Å². The van der Waals surface area contributed by atoms with Gasteiger partial charge in [-0.15, -0.1) is 0 Å². The van der Waals surface area contributed by atoms with Crippen molar-refractivity contribution in [3.8, 4) is 0 Å². The highest BCUT2D eigenvalue weighted by molar-refractivity contribution is 4.75. The first-order valence-corrected chi connectivity index (χ1v) is 5.57. The van der Waals surface area contributed by atoms with Crippen LogP contribution in [0.25, 0.3) is 0 Å². The van der Waals surface area contributed by atoms with Crippen molar-refractivity contribution in [2.45, 2.75) is 31.4 Å². The molecule has 0 unspecified atom stereocenters. The Bertz CT molecular complexity index is 225. The lowest BCUT2D eigenvalue weighted by Crippen LogP contribution is -2.41. The smallest absolute Gasteiger partial charge is 0.373 e. The molecule has 0 amide bonds. The topological polar surface area (TPSA) is 12.5 Å². The Balaban J connectivity index is 2.15. The molecule has 0 radical (unpaired) electrons. The Morgan fingerprint density at radius 3 is 2.06 bits per heavy atom. The minimum absolute atomic E-state index is 0.0916. The van der Waals surface area contributed by atoms with E-state index in [2.05, 4.69) is 4.74 Å². The van der Waals surface area contributed by atoms with E-state index in [1.165, 1.54) is 0 Å². The minimum atomic E-state index is -5.53. The van der Waals surface area contributed by atoms with Crippen LogP contribution in [-0.2, 0) is 4.74 Å². The summed E-state index contributed by atoms with van der Waals surface area (Å²) < 4.78 is 64.6. The molecular weight excluding hydrogens is 245 g/mol. The van der Waals surface area contributed by atoms with Crippen molar-refractivity contribution in [2.24, 2.45) is 0 Å². The molecule has 1 fully saturated rings. The van der Waals surface area contributed by atoms with Crippen LogP contribution < -0.4 is 0 Å². The lowest BCUT2D eigenvalue weighted by molar-refractivity contribution is -0.296. The Morgan fingerprint density at radius 2 is 1.53 bits per heavy atom. The number of piperidine rings is 1. The van der Waals surface area contributed by atoms with E-state index in [4.69, 9.17) is 0 Å². The van der Waals surface area contributed by atoms with Gasteiger partial charge in [-0.2, -0.15) is 22.0 Å². The van der Waals surface area contributed by atoms with E-state index in [0.29, 0.717) is 6.54 Å². The van der Waals surface area contributed by atoms with E-state index in [9.17, 15) is 22.0 Å². The van der Waals surface area contributed by atoms with Gasteiger partial charge in [0.15, 0.2) is 0 Å². The quantitative estimate of drug-likeness (QED) is 0.557. The molecule has 1 saturated heterocycles. The van der Waals surface area contributed by atoms with Crippen molar-refractivity contribution in [3.63, 3.8) is 0 Å². The molecule has 1 aliphatic heterocycles. The summed E-state index contributed by atoms with van der Waals surface area (Å²) in [6, 6.07) is 0. The molecule has 0 bridgehead atoms. The van der Waals surface area contributed by atoms with Gasteiger partial charge in [0.25, 0.3) is 0 Å². The van der Waals surface area contributed by atoms with Crippen molar-refractivity contribution < 1.29 is 26.7 Å². The molecule has 0 atom stereocenters. The second-order valence-electron chi connectivity index (χ2n) is 4.16. The van der Waals surface area contributed by atoms with Crippen molar-refractivity contribution >= 4 is 0 Å². The van der Waals surface area contributed by atoms with E-state index in [1.807, 2.05) is 4.90 Å². The lowest BCUT2D eigenvalue weighted by Gasteiger charge is -2.26. The molecule has 2 nitrogen and oxygen atoms in total. The maximum absolute atomic E-state index is 12.4. The normalized spacial score (nSPS) is 19.6. The summed E-state index contributed by atoms with van der Waals surface area (Å²) in [5.41, 5.74) is 0. The highest BCUT2D eigenvalue weighted by Gasteiger charge is 2.57. The van der Waals surface area contributed by atoms with Gasteiger partial charge in [-0.25, -0.2) is 0 Å². The van der Waals surface area contributed by atoms with Crippen LogP contribution in [0.4, 0.5) is 22.0 Å². The molecule has 1 heterocycles. The van der Waals surface area contributed by atoms with Crippen LogP contribution in [0.5, 0.6) is 0 Å². The van der Waals surface area contributed by atoms with Gasteiger partial charge in [0, 0.05) is 6.54 Å². The number of hydrogen-bond donors (Lipinski definition) is 0. The molecule has 0 aromatic heterocycles. The molecule has 7 heteroatoms. The average Bonchev–Trinajstić information content (AvgIpc) is 2.24. The second kappa shape index (κ2) is 5.95. The van der Waals surface area contributed by atoms with Crippen LogP contribution in [0.3, 0.4) is 0 Å². The third kappa shape index (κ3) is 4.75. The second-order valence-corrected chi connectivity index (χ2v) is 4.16. The van der Waals surface area contributed by atoms with Gasteiger partial charge in [-0.3, -0.25) is 0 Å². The Hall–Kier alpha value is -0.430. The molecule has 17 heavy (non-hydrogen) atoms. The molecular formula is C10H16F5NO. The van der Waals surface area contributed by atoms with Crippen LogP contribution >= 0.6 is 0 Å². The van der Waals surface area contributed by atoms with E-state index in [1.54, 1.807) is 0 Å². The lowest BCUT2D eigenvalue weighted by atomic mass is 10.1. The minimum Gasteiger partial charge on any atom is -0.373 e. The largest absolute Gasteiger partial charge is 0.455 e. The maximum atomic E-state index is 12.4. The summed E-state index contributed by atoms with van der Waals surface area (Å²) in [5.74, 6) is -4.76. The first-order chi connectivity index (χ1) is 7.83. The summed E-state index contributed by atoms with van der Waals surface area (Å²) in [6.45, 7) is 0.446. The summed E-state index contributed by atoms with van der Waals surface area (Å²) in [4.78, 5) is 2.01. The maximum Gasteiger partial charge on any atom is 0.455 e. The van der Waals surface area contributed by atoms with Gasteiger partial charge in [0.2, 0.25) is 0 Å². The fourth-order valence-electron chi connectivity index (χ4n) is 1.66. The molecule has 0 N–H and O–H groups in total. The zero-order valence-electron chi connectivity index (χ0n) is 9.40. The summed E-state index contributed by atoms with van der Waals surface area (Å²) in [6.07, 6.45) is -2.31. The first kappa shape index (κ1) is 14.6. The van der Waals surface area contributed by atoms with Crippen LogP contribution in [0, 0.1) is 0 Å². The summed E-state index contributed by atoms with van der Waals surface area (Å²) in [7, 11) is 0. The molecule has 102 valence electrons. The van der Waals surface area contributed by atoms with Gasteiger partial charge in [-0.1, -0.05) is 6.42 Å². The zero-order chi connectivity index (χ0) is 12.9. The van der Waals surface area contributed by atoms with E-state index >= 15 is 0 Å². The van der Waals surface area contributed by atoms with Crippen molar-refractivity contribution in [3.05, 3.63) is 0 Å². The van der Waals surface area contributed by atoms with E-state index in [-0.39, 0.29) is 6.61 Å². The Labute approximate surface area is 96.7 Å². The number of halogens is 5. The van der Waals surface area contributed by atoms with Gasteiger partial charge < -0.3 is 9.64 Å². The van der Waals surface area contributed by atoms with E-state index in [0.717, 1.165) is 32.4 Å². The molecule has 1 rings (SSSR count). The number of alkyl halides is 5. The monoisotopic (exact) mass is 261 g/mol. The van der Waals surface area contributed by atoms with Crippen LogP contribution in [-0.4, -0.2) is 49.8 Å². The fourth-order valence-corrected chi connectivity index (χ4v) is 1.66. The molecule has 0 aliphatic carbocycles. The number of nitrogens with zero attached hydrogens (tertiary/aromatic N) is 1. The van der Waals surface area contributed by atoms with Gasteiger partial charge in [0.1, 0.15) is 6.61 Å². The average molecular weight is 261 g/mol. The number of ether oxygens (including phenoxy) is 1. The predicted octanol–water partition coefficient (Wildman–Crippen LogP) is 2.69. The molecule has 0 aromatic carbocycles. The molecule has 0 aromatic rings. The third-order valence-electron chi connectivity index (χ3n) is 2.70. The number of likely N-dealkylation sites (tertiary alicyclic amines) is 1. The van der Waals surface area contributed by atoms with Crippen molar-refractivity contribution in [2.75, 3.05) is 32.8 Å². The van der Waals surface area contributed by atoms with Crippen LogP contribution in [0.2, 0.25) is 0 Å². The van der Waals surface area contributed by atoms with Gasteiger partial charge in [-0.05, 0) is 25.9 Å². The molecule has 1 aliphatic rings. The molecule has 0 saturated carbocycles. The SMILES string of the molecule is FC(F)(F)C(F)(F)COCCN1CCCCC1. The zero-order valence-corrected chi connectivity index (χ0v) is 9.40. The van der Waals surface area contributed by atoms with Gasteiger partial charge >= 0.3 is 12.1 Å². The van der Waals surface area contributed by atoms with Crippen molar-refractivity contribution in [1.29, 1.82) is 0 Å². The van der Waals surface area contributed by atoms with Crippen molar-refractivity contribution in [1.82, 2.24) is 4.90 Å². The van der Waals surface area contributed by atoms with Crippen LogP contribution in [0.15, 0.2) is 0 Å². The summed E-state index contributed by atoms with van der Waals surface area (Å²) >= 11 is 0.